The standard InChI is InChI=1S/C15H19N3O2S2/c1-2-7-18-14(20)12-9-5-3-4-6-10(9)22-13(12)17-15(18)21-8-11(16)19/h2-8H2,1H3,(H2,16,19). The van der Waals surface area contributed by atoms with Crippen LogP contribution < -0.4 is 11.3 Å². The summed E-state index contributed by atoms with van der Waals surface area (Å²) >= 11 is 2.89. The Kier molecular flexibility index (Phi) is 4.54. The lowest BCUT2D eigenvalue weighted by molar-refractivity contribution is -0.115. The first-order chi connectivity index (χ1) is 10.6. The van der Waals surface area contributed by atoms with E-state index in [9.17, 15) is 9.59 Å². The molecule has 0 saturated heterocycles. The molecule has 1 aliphatic rings. The number of carbonyl (C=O) groups is 1. The number of carbonyl (C=O) groups excluding carboxylic acids is 1. The molecule has 0 radical (unpaired) electrons. The van der Waals surface area contributed by atoms with Crippen LogP contribution in [0.25, 0.3) is 10.2 Å². The van der Waals surface area contributed by atoms with E-state index in [2.05, 4.69) is 4.98 Å². The van der Waals surface area contributed by atoms with Crippen LogP contribution in [0.2, 0.25) is 0 Å². The average Bonchev–Trinajstić information content (AvgIpc) is 2.86. The number of nitrogens with two attached hydrogens (primary N) is 1. The zero-order valence-electron chi connectivity index (χ0n) is 12.6. The molecule has 2 N–H and O–H groups in total. The summed E-state index contributed by atoms with van der Waals surface area (Å²) in [4.78, 5) is 30.8. The van der Waals surface area contributed by atoms with Crippen LogP contribution in [0.3, 0.4) is 0 Å². The van der Waals surface area contributed by atoms with Gasteiger partial charge >= 0.3 is 0 Å². The van der Waals surface area contributed by atoms with Crippen molar-refractivity contribution in [3.05, 3.63) is 20.8 Å². The first-order valence-corrected chi connectivity index (χ1v) is 9.38. The predicted octanol–water partition coefficient (Wildman–Crippen LogP) is 2.32. The predicted molar refractivity (Wildman–Crippen MR) is 90.7 cm³/mol. The van der Waals surface area contributed by atoms with Crippen LogP contribution >= 0.6 is 23.1 Å². The number of aryl methyl sites for hydroxylation is 2. The van der Waals surface area contributed by atoms with Gasteiger partial charge in [0.15, 0.2) is 5.16 Å². The summed E-state index contributed by atoms with van der Waals surface area (Å²) in [6.45, 7) is 2.65. The molecule has 5 nitrogen and oxygen atoms in total. The van der Waals surface area contributed by atoms with Crippen molar-refractivity contribution in [2.75, 3.05) is 5.75 Å². The molecule has 0 spiro atoms. The molecule has 0 aromatic carbocycles. The first kappa shape index (κ1) is 15.6. The smallest absolute Gasteiger partial charge is 0.263 e. The number of amides is 1. The molecular weight excluding hydrogens is 318 g/mol. The lowest BCUT2D eigenvalue weighted by atomic mass is 9.97. The molecule has 1 aliphatic carbocycles. The molecule has 0 atom stereocenters. The van der Waals surface area contributed by atoms with Crippen molar-refractivity contribution in [1.29, 1.82) is 0 Å². The third kappa shape index (κ3) is 2.79. The number of primary amides is 1. The van der Waals surface area contributed by atoms with Crippen molar-refractivity contribution in [2.24, 2.45) is 5.73 Å². The molecule has 22 heavy (non-hydrogen) atoms. The zero-order chi connectivity index (χ0) is 15.7. The highest BCUT2D eigenvalue weighted by Crippen LogP contribution is 2.34. The fraction of sp³-hybridized carbons (Fsp3) is 0.533. The lowest BCUT2D eigenvalue weighted by Gasteiger charge is -2.12. The second-order valence-electron chi connectivity index (χ2n) is 5.50. The molecule has 118 valence electrons. The molecule has 7 heteroatoms. The highest BCUT2D eigenvalue weighted by molar-refractivity contribution is 7.99. The molecule has 0 aliphatic heterocycles. The van der Waals surface area contributed by atoms with Gasteiger partial charge in [-0.3, -0.25) is 14.2 Å². The van der Waals surface area contributed by atoms with E-state index in [0.717, 1.165) is 35.9 Å². The molecule has 0 fully saturated rings. The monoisotopic (exact) mass is 337 g/mol. The molecule has 2 aromatic rings. The maximum atomic E-state index is 12.9. The number of thiophene rings is 1. The third-order valence-electron chi connectivity index (χ3n) is 3.83. The summed E-state index contributed by atoms with van der Waals surface area (Å²) in [6, 6.07) is 0. The van der Waals surface area contributed by atoms with E-state index in [1.54, 1.807) is 15.9 Å². The summed E-state index contributed by atoms with van der Waals surface area (Å²) in [6.07, 6.45) is 5.21. The average molecular weight is 337 g/mol. The number of hydrogen-bond acceptors (Lipinski definition) is 5. The molecule has 2 aromatic heterocycles. The Morgan fingerprint density at radius 2 is 2.18 bits per heavy atom. The fourth-order valence-corrected chi connectivity index (χ4v) is 4.95. The lowest BCUT2D eigenvalue weighted by Crippen LogP contribution is -2.24. The van der Waals surface area contributed by atoms with Gasteiger partial charge in [0.2, 0.25) is 5.91 Å². The van der Waals surface area contributed by atoms with Gasteiger partial charge in [0.1, 0.15) is 4.83 Å². The summed E-state index contributed by atoms with van der Waals surface area (Å²) in [5, 5.41) is 1.41. The van der Waals surface area contributed by atoms with Crippen LogP contribution in [0, 0.1) is 0 Å². The number of nitrogens with zero attached hydrogens (tertiary/aromatic N) is 2. The van der Waals surface area contributed by atoms with Gasteiger partial charge in [-0.2, -0.15) is 0 Å². The van der Waals surface area contributed by atoms with Crippen LogP contribution in [0.5, 0.6) is 0 Å². The van der Waals surface area contributed by atoms with Crippen molar-refractivity contribution in [3.63, 3.8) is 0 Å². The molecule has 0 bridgehead atoms. The third-order valence-corrected chi connectivity index (χ3v) is 6.01. The van der Waals surface area contributed by atoms with Crippen LogP contribution in [-0.4, -0.2) is 21.2 Å². The first-order valence-electron chi connectivity index (χ1n) is 7.58. The minimum atomic E-state index is -0.395. The Balaban J connectivity index is 2.16. The Morgan fingerprint density at radius 3 is 2.91 bits per heavy atom. The van der Waals surface area contributed by atoms with Crippen molar-refractivity contribution >= 4 is 39.2 Å². The number of rotatable bonds is 5. The second kappa shape index (κ2) is 6.42. The molecule has 3 rings (SSSR count). The van der Waals surface area contributed by atoms with Gasteiger partial charge in [-0.25, -0.2) is 4.98 Å². The highest BCUT2D eigenvalue weighted by Gasteiger charge is 2.22. The van der Waals surface area contributed by atoms with Crippen LogP contribution in [0.1, 0.15) is 36.6 Å². The molecule has 0 unspecified atom stereocenters. The van der Waals surface area contributed by atoms with E-state index in [0.29, 0.717) is 11.7 Å². The quantitative estimate of drug-likeness (QED) is 0.671. The summed E-state index contributed by atoms with van der Waals surface area (Å²) in [7, 11) is 0. The Bertz CT molecular complexity index is 779. The zero-order valence-corrected chi connectivity index (χ0v) is 14.2. The minimum absolute atomic E-state index is 0.0400. The van der Waals surface area contributed by atoms with E-state index in [1.165, 1.54) is 28.6 Å². The van der Waals surface area contributed by atoms with E-state index in [1.807, 2.05) is 6.92 Å². The SMILES string of the molecule is CCCn1c(SCC(N)=O)nc2sc3c(c2c1=O)CCCC3. The molecule has 1 amide bonds. The van der Waals surface area contributed by atoms with E-state index in [4.69, 9.17) is 5.73 Å². The van der Waals surface area contributed by atoms with Gasteiger partial charge in [0.05, 0.1) is 11.1 Å². The largest absolute Gasteiger partial charge is 0.369 e. The molecular formula is C15H19N3O2S2. The summed E-state index contributed by atoms with van der Waals surface area (Å²) < 4.78 is 1.71. The Labute approximate surface area is 136 Å². The Morgan fingerprint density at radius 1 is 1.41 bits per heavy atom. The van der Waals surface area contributed by atoms with Crippen LogP contribution in [0.15, 0.2) is 9.95 Å². The normalized spacial score (nSPS) is 14.2. The number of aromatic nitrogens is 2. The van der Waals surface area contributed by atoms with Crippen molar-refractivity contribution in [2.45, 2.75) is 50.7 Å². The van der Waals surface area contributed by atoms with Gasteiger partial charge in [0.25, 0.3) is 5.56 Å². The second-order valence-corrected chi connectivity index (χ2v) is 7.52. The van der Waals surface area contributed by atoms with Crippen molar-refractivity contribution in [3.8, 4) is 0 Å². The van der Waals surface area contributed by atoms with Crippen molar-refractivity contribution in [1.82, 2.24) is 9.55 Å². The number of fused-ring (bicyclic) bond motifs is 3. The van der Waals surface area contributed by atoms with Crippen LogP contribution in [0.4, 0.5) is 0 Å². The minimum Gasteiger partial charge on any atom is -0.369 e. The van der Waals surface area contributed by atoms with Crippen molar-refractivity contribution < 1.29 is 4.79 Å². The van der Waals surface area contributed by atoms with E-state index >= 15 is 0 Å². The highest BCUT2D eigenvalue weighted by atomic mass is 32.2. The fourth-order valence-electron chi connectivity index (χ4n) is 2.89. The van der Waals surface area contributed by atoms with E-state index < -0.39 is 5.91 Å². The van der Waals surface area contributed by atoms with Gasteiger partial charge in [-0.15, -0.1) is 11.3 Å². The number of thioether (sulfide) groups is 1. The van der Waals surface area contributed by atoms with Gasteiger partial charge in [-0.05, 0) is 37.7 Å². The molecule has 2 heterocycles. The van der Waals surface area contributed by atoms with E-state index in [-0.39, 0.29) is 11.3 Å². The molecule has 0 saturated carbocycles. The van der Waals surface area contributed by atoms with Gasteiger partial charge in [0, 0.05) is 11.4 Å². The van der Waals surface area contributed by atoms with Gasteiger partial charge in [-0.1, -0.05) is 18.7 Å². The van der Waals surface area contributed by atoms with Crippen LogP contribution in [-0.2, 0) is 24.2 Å². The maximum absolute atomic E-state index is 12.9. The Hall–Kier alpha value is -1.34. The number of hydrogen-bond donors (Lipinski definition) is 1. The topological polar surface area (TPSA) is 78.0 Å². The summed E-state index contributed by atoms with van der Waals surface area (Å²) in [5.74, 6) is -0.250. The van der Waals surface area contributed by atoms with Gasteiger partial charge < -0.3 is 5.73 Å². The summed E-state index contributed by atoms with van der Waals surface area (Å²) in [5.41, 5.74) is 6.47. The maximum Gasteiger partial charge on any atom is 0.263 e.